The normalized spacial score (nSPS) is 10.2. The minimum absolute atomic E-state index is 0.365. The third-order valence-electron chi connectivity index (χ3n) is 3.00. The molecule has 2 aromatic rings. The first-order valence-electron chi connectivity index (χ1n) is 6.54. The molecule has 0 aliphatic heterocycles. The van der Waals surface area contributed by atoms with Crippen molar-refractivity contribution >= 4 is 15.9 Å². The molecule has 0 radical (unpaired) electrons. The lowest BCUT2D eigenvalue weighted by Crippen LogP contribution is -2.05. The van der Waals surface area contributed by atoms with Crippen LogP contribution >= 0.6 is 15.9 Å². The summed E-state index contributed by atoms with van der Waals surface area (Å²) < 4.78 is 14.1. The molecular weight excluding hydrogens is 334 g/mol. The van der Waals surface area contributed by atoms with E-state index in [0.29, 0.717) is 30.3 Å². The summed E-state index contributed by atoms with van der Waals surface area (Å²) in [6.07, 6.45) is 0. The highest BCUT2D eigenvalue weighted by Gasteiger charge is 2.13. The van der Waals surface area contributed by atoms with E-state index < -0.39 is 0 Å². The van der Waals surface area contributed by atoms with Crippen LogP contribution < -0.4 is 9.47 Å². The van der Waals surface area contributed by atoms with Crippen molar-refractivity contribution in [3.8, 4) is 17.6 Å². The van der Waals surface area contributed by atoms with Crippen molar-refractivity contribution in [1.82, 2.24) is 9.78 Å². The summed E-state index contributed by atoms with van der Waals surface area (Å²) in [5.41, 5.74) is 2.41. The van der Waals surface area contributed by atoms with E-state index in [2.05, 4.69) is 27.1 Å². The van der Waals surface area contributed by atoms with Crippen LogP contribution in [-0.4, -0.2) is 16.4 Å². The van der Waals surface area contributed by atoms with Gasteiger partial charge in [0.2, 0.25) is 0 Å². The maximum atomic E-state index is 8.94. The number of rotatable bonds is 5. The first kappa shape index (κ1) is 15.4. The Balaban J connectivity index is 2.21. The van der Waals surface area contributed by atoms with Gasteiger partial charge in [0.1, 0.15) is 6.61 Å². The molecule has 0 aliphatic rings. The SMILES string of the molecule is CCOc1cc(C#N)ccc1OCc1c(Br)c(C)nn1C. The zero-order valence-electron chi connectivity index (χ0n) is 12.2. The van der Waals surface area contributed by atoms with Crippen LogP contribution in [0.25, 0.3) is 0 Å². The fourth-order valence-corrected chi connectivity index (χ4v) is 2.40. The summed E-state index contributed by atoms with van der Waals surface area (Å²) >= 11 is 3.51. The zero-order valence-corrected chi connectivity index (χ0v) is 13.8. The van der Waals surface area contributed by atoms with Crippen LogP contribution in [0.15, 0.2) is 22.7 Å². The van der Waals surface area contributed by atoms with Crippen molar-refractivity contribution in [3.05, 3.63) is 39.6 Å². The van der Waals surface area contributed by atoms with E-state index in [1.165, 1.54) is 0 Å². The van der Waals surface area contributed by atoms with Crippen molar-refractivity contribution in [2.75, 3.05) is 6.61 Å². The summed E-state index contributed by atoms with van der Waals surface area (Å²) in [5, 5.41) is 13.3. The van der Waals surface area contributed by atoms with E-state index in [1.54, 1.807) is 22.9 Å². The van der Waals surface area contributed by atoms with Gasteiger partial charge in [0.05, 0.1) is 34.1 Å². The Bertz CT molecular complexity index is 689. The molecule has 0 fully saturated rings. The summed E-state index contributed by atoms with van der Waals surface area (Å²) in [6, 6.07) is 7.23. The van der Waals surface area contributed by atoms with Gasteiger partial charge >= 0.3 is 0 Å². The summed E-state index contributed by atoms with van der Waals surface area (Å²) in [4.78, 5) is 0. The van der Waals surface area contributed by atoms with Gasteiger partial charge in [-0.1, -0.05) is 0 Å². The second-order valence-corrected chi connectivity index (χ2v) is 5.26. The van der Waals surface area contributed by atoms with Crippen molar-refractivity contribution < 1.29 is 9.47 Å². The van der Waals surface area contributed by atoms with Gasteiger partial charge in [-0.25, -0.2) is 0 Å². The van der Waals surface area contributed by atoms with Crippen LogP contribution in [0, 0.1) is 18.3 Å². The highest BCUT2D eigenvalue weighted by molar-refractivity contribution is 9.10. The topological polar surface area (TPSA) is 60.1 Å². The third-order valence-corrected chi connectivity index (χ3v) is 4.03. The fourth-order valence-electron chi connectivity index (χ4n) is 1.95. The van der Waals surface area contributed by atoms with Crippen LogP contribution in [-0.2, 0) is 13.7 Å². The molecule has 1 heterocycles. The number of aryl methyl sites for hydroxylation is 2. The molecule has 0 spiro atoms. The molecule has 5 nitrogen and oxygen atoms in total. The highest BCUT2D eigenvalue weighted by atomic mass is 79.9. The van der Waals surface area contributed by atoms with E-state index in [1.807, 2.05) is 20.9 Å². The number of nitriles is 1. The molecule has 21 heavy (non-hydrogen) atoms. The molecule has 110 valence electrons. The smallest absolute Gasteiger partial charge is 0.162 e. The summed E-state index contributed by atoms with van der Waals surface area (Å²) in [7, 11) is 1.87. The van der Waals surface area contributed by atoms with Gasteiger partial charge in [-0.15, -0.1) is 0 Å². The molecule has 0 aliphatic carbocycles. The lowest BCUT2D eigenvalue weighted by atomic mass is 10.2. The summed E-state index contributed by atoms with van der Waals surface area (Å²) in [5.74, 6) is 1.19. The molecule has 6 heteroatoms. The number of hydrogen-bond donors (Lipinski definition) is 0. The van der Waals surface area contributed by atoms with Crippen LogP contribution in [0.4, 0.5) is 0 Å². The molecule has 2 rings (SSSR count). The van der Waals surface area contributed by atoms with Gasteiger partial charge in [0, 0.05) is 13.1 Å². The molecule has 0 N–H and O–H groups in total. The number of hydrogen-bond acceptors (Lipinski definition) is 4. The molecule has 0 saturated heterocycles. The zero-order chi connectivity index (χ0) is 15.4. The van der Waals surface area contributed by atoms with Gasteiger partial charge < -0.3 is 9.47 Å². The second kappa shape index (κ2) is 6.64. The minimum Gasteiger partial charge on any atom is -0.490 e. The Labute approximate surface area is 132 Å². The molecule has 0 atom stereocenters. The number of halogens is 1. The van der Waals surface area contributed by atoms with E-state index >= 15 is 0 Å². The molecule has 0 saturated carbocycles. The van der Waals surface area contributed by atoms with E-state index in [-0.39, 0.29) is 0 Å². The van der Waals surface area contributed by atoms with Gasteiger partial charge in [-0.3, -0.25) is 4.68 Å². The average molecular weight is 350 g/mol. The Morgan fingerprint density at radius 1 is 1.33 bits per heavy atom. The monoisotopic (exact) mass is 349 g/mol. The van der Waals surface area contributed by atoms with E-state index in [0.717, 1.165) is 15.9 Å². The Morgan fingerprint density at radius 2 is 2.10 bits per heavy atom. The Hall–Kier alpha value is -2.00. The van der Waals surface area contributed by atoms with Gasteiger partial charge in [-0.2, -0.15) is 10.4 Å². The number of aromatic nitrogens is 2. The molecule has 0 bridgehead atoms. The first-order valence-corrected chi connectivity index (χ1v) is 7.33. The molecule has 0 amide bonds. The van der Waals surface area contributed by atoms with Gasteiger partial charge in [-0.05, 0) is 41.9 Å². The average Bonchev–Trinajstić information content (AvgIpc) is 2.71. The standard InChI is InChI=1S/C15H16BrN3O2/c1-4-20-14-7-11(8-17)5-6-13(14)21-9-12-15(16)10(2)18-19(12)3/h5-7H,4,9H2,1-3H3. The van der Waals surface area contributed by atoms with Crippen molar-refractivity contribution in [1.29, 1.82) is 5.26 Å². The quantitative estimate of drug-likeness (QED) is 0.830. The van der Waals surface area contributed by atoms with E-state index in [4.69, 9.17) is 14.7 Å². The number of benzene rings is 1. The predicted octanol–water partition coefficient (Wildman–Crippen LogP) is 3.34. The highest BCUT2D eigenvalue weighted by Crippen LogP contribution is 2.30. The third kappa shape index (κ3) is 3.37. The Morgan fingerprint density at radius 3 is 2.67 bits per heavy atom. The van der Waals surface area contributed by atoms with Crippen molar-refractivity contribution in [2.45, 2.75) is 20.5 Å². The maximum Gasteiger partial charge on any atom is 0.162 e. The van der Waals surface area contributed by atoms with Crippen LogP contribution in [0.5, 0.6) is 11.5 Å². The molecule has 1 aromatic heterocycles. The van der Waals surface area contributed by atoms with Crippen molar-refractivity contribution in [3.63, 3.8) is 0 Å². The van der Waals surface area contributed by atoms with Crippen molar-refractivity contribution in [2.24, 2.45) is 7.05 Å². The largest absolute Gasteiger partial charge is 0.490 e. The summed E-state index contributed by atoms with van der Waals surface area (Å²) in [6.45, 7) is 4.70. The fraction of sp³-hybridized carbons (Fsp3) is 0.333. The van der Waals surface area contributed by atoms with E-state index in [9.17, 15) is 0 Å². The first-order chi connectivity index (χ1) is 10.1. The van der Waals surface area contributed by atoms with Crippen LogP contribution in [0.1, 0.15) is 23.9 Å². The van der Waals surface area contributed by atoms with Gasteiger partial charge in [0.25, 0.3) is 0 Å². The maximum absolute atomic E-state index is 8.94. The predicted molar refractivity (Wildman–Crippen MR) is 82.3 cm³/mol. The van der Waals surface area contributed by atoms with Crippen LogP contribution in [0.2, 0.25) is 0 Å². The molecule has 1 aromatic carbocycles. The minimum atomic E-state index is 0.365. The Kier molecular flexibility index (Phi) is 4.86. The number of ether oxygens (including phenoxy) is 2. The molecule has 0 unspecified atom stereocenters. The van der Waals surface area contributed by atoms with Gasteiger partial charge in [0.15, 0.2) is 11.5 Å². The lowest BCUT2D eigenvalue weighted by molar-refractivity contribution is 0.262. The molecular formula is C15H16BrN3O2. The second-order valence-electron chi connectivity index (χ2n) is 4.46. The number of nitrogens with zero attached hydrogens (tertiary/aromatic N) is 3. The lowest BCUT2D eigenvalue weighted by Gasteiger charge is -2.12. The van der Waals surface area contributed by atoms with Crippen LogP contribution in [0.3, 0.4) is 0 Å².